The summed E-state index contributed by atoms with van der Waals surface area (Å²) >= 11 is 0. The van der Waals surface area contributed by atoms with Crippen molar-refractivity contribution in [3.05, 3.63) is 23.7 Å². The molecule has 0 saturated heterocycles. The van der Waals surface area contributed by atoms with Crippen molar-refractivity contribution in [2.45, 2.75) is 45.1 Å². The van der Waals surface area contributed by atoms with E-state index in [0.717, 1.165) is 36.4 Å². The first kappa shape index (κ1) is 11.6. The molecule has 1 saturated carbocycles. The molecule has 3 rings (SSSR count). The van der Waals surface area contributed by atoms with Crippen LogP contribution in [0.3, 0.4) is 0 Å². The van der Waals surface area contributed by atoms with Gasteiger partial charge in [0.2, 0.25) is 0 Å². The molecule has 5 heteroatoms. The molecule has 1 fully saturated rings. The van der Waals surface area contributed by atoms with E-state index < -0.39 is 0 Å². The number of nitrogens with two attached hydrogens (primary N) is 1. The zero-order chi connectivity index (χ0) is 12.8. The van der Waals surface area contributed by atoms with Crippen molar-refractivity contribution in [2.24, 2.45) is 11.7 Å². The van der Waals surface area contributed by atoms with E-state index >= 15 is 0 Å². The van der Waals surface area contributed by atoms with Gasteiger partial charge in [0.15, 0.2) is 11.5 Å². The summed E-state index contributed by atoms with van der Waals surface area (Å²) in [6, 6.07) is 3.88. The fourth-order valence-corrected chi connectivity index (χ4v) is 2.99. The van der Waals surface area contributed by atoms with Gasteiger partial charge in [0, 0.05) is 0 Å². The molecule has 0 bridgehead atoms. The Morgan fingerprint density at radius 3 is 3.00 bits per heavy atom. The number of aromatic nitrogens is 4. The SMILES string of the molecule is Cc1ccc2nnc(C3(N)CCCC(C)C3)n2n1. The third kappa shape index (κ3) is 1.79. The summed E-state index contributed by atoms with van der Waals surface area (Å²) in [5.41, 5.74) is 7.92. The fraction of sp³-hybridized carbons (Fsp3) is 0.615. The van der Waals surface area contributed by atoms with E-state index in [1.54, 1.807) is 0 Å². The van der Waals surface area contributed by atoms with E-state index in [1.165, 1.54) is 6.42 Å². The monoisotopic (exact) mass is 245 g/mol. The van der Waals surface area contributed by atoms with Crippen LogP contribution in [0, 0.1) is 12.8 Å². The molecule has 2 unspecified atom stereocenters. The molecule has 0 radical (unpaired) electrons. The minimum atomic E-state index is -0.377. The van der Waals surface area contributed by atoms with Crippen LogP contribution in [0.1, 0.15) is 44.1 Å². The lowest BCUT2D eigenvalue weighted by atomic mass is 9.76. The van der Waals surface area contributed by atoms with Crippen LogP contribution in [0.4, 0.5) is 0 Å². The van der Waals surface area contributed by atoms with Gasteiger partial charge in [-0.15, -0.1) is 10.2 Å². The number of hydrogen-bond donors (Lipinski definition) is 1. The molecule has 0 aliphatic heterocycles. The first-order chi connectivity index (χ1) is 8.58. The second-order valence-electron chi connectivity index (χ2n) is 5.63. The Balaban J connectivity index is 2.10. The predicted octanol–water partition coefficient (Wildman–Crippen LogP) is 1.80. The number of aryl methyl sites for hydroxylation is 1. The zero-order valence-electron chi connectivity index (χ0n) is 10.9. The van der Waals surface area contributed by atoms with Gasteiger partial charge in [-0.3, -0.25) is 0 Å². The molecule has 0 spiro atoms. The molecule has 18 heavy (non-hydrogen) atoms. The molecule has 2 N–H and O–H groups in total. The Morgan fingerprint density at radius 1 is 1.39 bits per heavy atom. The quantitative estimate of drug-likeness (QED) is 0.831. The van der Waals surface area contributed by atoms with Gasteiger partial charge >= 0.3 is 0 Å². The molecule has 2 atom stereocenters. The highest BCUT2D eigenvalue weighted by Gasteiger charge is 2.37. The standard InChI is InChI=1S/C13H19N5/c1-9-4-3-7-13(14,8-9)12-16-15-11-6-5-10(2)17-18(11)12/h5-6,9H,3-4,7-8,14H2,1-2H3. The Kier molecular flexibility index (Phi) is 2.59. The van der Waals surface area contributed by atoms with Crippen LogP contribution in [-0.4, -0.2) is 19.8 Å². The van der Waals surface area contributed by atoms with Crippen LogP contribution in [0.25, 0.3) is 5.65 Å². The molecule has 0 aromatic carbocycles. The van der Waals surface area contributed by atoms with E-state index in [1.807, 2.05) is 23.6 Å². The van der Waals surface area contributed by atoms with Crippen LogP contribution in [0.15, 0.2) is 12.1 Å². The van der Waals surface area contributed by atoms with E-state index in [2.05, 4.69) is 22.2 Å². The summed E-state index contributed by atoms with van der Waals surface area (Å²) in [4.78, 5) is 0. The average Bonchev–Trinajstić information content (AvgIpc) is 2.72. The van der Waals surface area contributed by atoms with Crippen LogP contribution in [0.2, 0.25) is 0 Å². The number of fused-ring (bicyclic) bond motifs is 1. The third-order valence-electron chi connectivity index (χ3n) is 3.87. The van der Waals surface area contributed by atoms with Gasteiger partial charge < -0.3 is 5.73 Å². The maximum atomic E-state index is 6.57. The summed E-state index contributed by atoms with van der Waals surface area (Å²) in [5.74, 6) is 1.45. The van der Waals surface area contributed by atoms with Crippen LogP contribution in [0.5, 0.6) is 0 Å². The van der Waals surface area contributed by atoms with Crippen molar-refractivity contribution in [3.8, 4) is 0 Å². The fourth-order valence-electron chi connectivity index (χ4n) is 2.99. The molecule has 1 aliphatic carbocycles. The highest BCUT2D eigenvalue weighted by Crippen LogP contribution is 2.36. The first-order valence-corrected chi connectivity index (χ1v) is 6.57. The normalized spacial score (nSPS) is 28.7. The lowest BCUT2D eigenvalue weighted by molar-refractivity contribution is 0.225. The Labute approximate surface area is 106 Å². The average molecular weight is 245 g/mol. The lowest BCUT2D eigenvalue weighted by Gasteiger charge is -2.34. The molecule has 1 aliphatic rings. The van der Waals surface area contributed by atoms with E-state index in [-0.39, 0.29) is 5.54 Å². The molecular formula is C13H19N5. The van der Waals surface area contributed by atoms with Crippen LogP contribution < -0.4 is 5.73 Å². The smallest absolute Gasteiger partial charge is 0.177 e. The summed E-state index contributed by atoms with van der Waals surface area (Å²) in [7, 11) is 0. The minimum absolute atomic E-state index is 0.377. The van der Waals surface area contributed by atoms with Crippen molar-refractivity contribution < 1.29 is 0 Å². The topological polar surface area (TPSA) is 69.1 Å². The van der Waals surface area contributed by atoms with Crippen LogP contribution >= 0.6 is 0 Å². The Hall–Kier alpha value is -1.49. The summed E-state index contributed by atoms with van der Waals surface area (Å²) in [6.07, 6.45) is 4.33. The van der Waals surface area contributed by atoms with Gasteiger partial charge in [-0.2, -0.15) is 9.61 Å². The van der Waals surface area contributed by atoms with Crippen molar-refractivity contribution in [2.75, 3.05) is 0 Å². The molecule has 0 amide bonds. The lowest BCUT2D eigenvalue weighted by Crippen LogP contribution is -2.43. The maximum absolute atomic E-state index is 6.57. The van der Waals surface area contributed by atoms with Crippen molar-refractivity contribution >= 4 is 5.65 Å². The molecule has 2 aromatic heterocycles. The highest BCUT2D eigenvalue weighted by atomic mass is 15.4. The maximum Gasteiger partial charge on any atom is 0.177 e. The largest absolute Gasteiger partial charge is 0.319 e. The summed E-state index contributed by atoms with van der Waals surface area (Å²) < 4.78 is 1.81. The van der Waals surface area contributed by atoms with Gasteiger partial charge in [0.05, 0.1) is 11.2 Å². The third-order valence-corrected chi connectivity index (χ3v) is 3.87. The van der Waals surface area contributed by atoms with Crippen molar-refractivity contribution in [1.82, 2.24) is 19.8 Å². The first-order valence-electron chi connectivity index (χ1n) is 6.57. The zero-order valence-corrected chi connectivity index (χ0v) is 10.9. The van der Waals surface area contributed by atoms with E-state index in [0.29, 0.717) is 5.92 Å². The van der Waals surface area contributed by atoms with Gasteiger partial charge in [0.1, 0.15) is 0 Å². The van der Waals surface area contributed by atoms with Crippen molar-refractivity contribution in [1.29, 1.82) is 0 Å². The van der Waals surface area contributed by atoms with Gasteiger partial charge in [0.25, 0.3) is 0 Å². The number of rotatable bonds is 1. The predicted molar refractivity (Wildman–Crippen MR) is 69.0 cm³/mol. The molecule has 2 aromatic rings. The molecule has 2 heterocycles. The van der Waals surface area contributed by atoms with Gasteiger partial charge in [-0.05, 0) is 37.8 Å². The minimum Gasteiger partial charge on any atom is -0.319 e. The molecule has 96 valence electrons. The Bertz CT molecular complexity index is 576. The second kappa shape index (κ2) is 4.02. The van der Waals surface area contributed by atoms with Gasteiger partial charge in [-0.1, -0.05) is 19.8 Å². The van der Waals surface area contributed by atoms with Gasteiger partial charge in [-0.25, -0.2) is 0 Å². The summed E-state index contributed by atoms with van der Waals surface area (Å²) in [6.45, 7) is 4.22. The molecular weight excluding hydrogens is 226 g/mol. The highest BCUT2D eigenvalue weighted by molar-refractivity contribution is 5.37. The van der Waals surface area contributed by atoms with Crippen LogP contribution in [-0.2, 0) is 5.54 Å². The summed E-state index contributed by atoms with van der Waals surface area (Å²) in [5, 5.41) is 13.0. The van der Waals surface area contributed by atoms with E-state index in [4.69, 9.17) is 5.73 Å². The second-order valence-corrected chi connectivity index (χ2v) is 5.63. The number of hydrogen-bond acceptors (Lipinski definition) is 4. The van der Waals surface area contributed by atoms with E-state index in [9.17, 15) is 0 Å². The Morgan fingerprint density at radius 2 is 2.22 bits per heavy atom. The van der Waals surface area contributed by atoms with Crippen molar-refractivity contribution in [3.63, 3.8) is 0 Å². The molecule has 5 nitrogen and oxygen atoms in total. The number of nitrogens with zero attached hydrogens (tertiary/aromatic N) is 4.